The molecule has 0 aromatic heterocycles. The van der Waals surface area contributed by atoms with Crippen LogP contribution in [0.3, 0.4) is 0 Å². The van der Waals surface area contributed by atoms with E-state index in [4.69, 9.17) is 20.4 Å². The number of carbonyl (C=O) groups is 4. The summed E-state index contributed by atoms with van der Waals surface area (Å²) >= 11 is 3.23. The normalized spacial score (nSPS) is 9.95. The Morgan fingerprint density at radius 2 is 1.16 bits per heavy atom. The van der Waals surface area contributed by atoms with Crippen molar-refractivity contribution in [1.29, 1.82) is 0 Å². The molecule has 0 saturated carbocycles. The van der Waals surface area contributed by atoms with Gasteiger partial charge in [0, 0.05) is 0 Å². The van der Waals surface area contributed by atoms with Gasteiger partial charge in [-0.15, -0.1) is 0 Å². The Hall–Kier alpha value is -2.38. The van der Waals surface area contributed by atoms with Crippen molar-refractivity contribution in [3.8, 4) is 0 Å². The number of rotatable bonds is 4. The molecule has 0 fully saturated rings. The van der Waals surface area contributed by atoms with Gasteiger partial charge in [-0.25, -0.2) is 0 Å². The molecule has 0 spiro atoms. The van der Waals surface area contributed by atoms with Gasteiger partial charge in [0.05, 0.1) is 0 Å². The van der Waals surface area contributed by atoms with E-state index in [1.54, 1.807) is 0 Å². The molecule has 0 unspecified atom stereocenters. The molecule has 0 aliphatic rings. The summed E-state index contributed by atoms with van der Waals surface area (Å²) in [4.78, 5) is 43.9. The zero-order valence-electron chi connectivity index (χ0n) is 8.85. The molecule has 0 atom stereocenters. The van der Waals surface area contributed by atoms with E-state index in [0.29, 0.717) is 6.07 Å². The van der Waals surface area contributed by atoms with Crippen LogP contribution in [-0.4, -0.2) is 44.3 Å². The molecule has 0 amide bonds. The van der Waals surface area contributed by atoms with E-state index >= 15 is 0 Å². The number of benzene rings is 1. The topological polar surface area (TPSA) is 149 Å². The third-order valence-electron chi connectivity index (χ3n) is 2.14. The molecule has 0 aliphatic heterocycles. The first-order valence-electron chi connectivity index (χ1n) is 4.47. The predicted octanol–water partition coefficient (Wildman–Crippen LogP) is -0.348. The second-order valence-corrected chi connectivity index (χ2v) is 3.83. The standard InChI is InChI=1S/C10H5O8.Fe/c11-7(12)3-1-2-4(8(13)14)6(10(17)18)5(3)9(15)16;/h1H,(H,11,12)(H,13,14)(H,15,16)(H,17,18);. The van der Waals surface area contributed by atoms with Gasteiger partial charge in [-0.05, 0) is 0 Å². The minimum atomic E-state index is -1.86. The molecular weight excluding hydrogens is 304 g/mol. The van der Waals surface area contributed by atoms with Crippen molar-refractivity contribution in [3.05, 3.63) is 28.3 Å². The zero-order valence-corrected chi connectivity index (χ0v) is 9.96. The van der Waals surface area contributed by atoms with Crippen molar-refractivity contribution in [1.82, 2.24) is 0 Å². The van der Waals surface area contributed by atoms with Crippen molar-refractivity contribution < 1.29 is 55.6 Å². The van der Waals surface area contributed by atoms with Crippen LogP contribution in [-0.2, 0) is 16.0 Å². The van der Waals surface area contributed by atoms with Crippen LogP contribution in [0, 0.1) is 0 Å². The molecule has 9 heteroatoms. The summed E-state index contributed by atoms with van der Waals surface area (Å²) < 4.78 is -0.396. The maximum atomic E-state index is 11.0. The van der Waals surface area contributed by atoms with Gasteiger partial charge < -0.3 is 0 Å². The molecule has 19 heavy (non-hydrogen) atoms. The van der Waals surface area contributed by atoms with Crippen LogP contribution in [0.25, 0.3) is 0 Å². The maximum absolute atomic E-state index is 11.0. The summed E-state index contributed by atoms with van der Waals surface area (Å²) in [6.07, 6.45) is 0. The van der Waals surface area contributed by atoms with Gasteiger partial charge in [0.25, 0.3) is 0 Å². The molecule has 0 radical (unpaired) electrons. The molecule has 8 nitrogen and oxygen atoms in total. The van der Waals surface area contributed by atoms with E-state index in [9.17, 15) is 19.2 Å². The van der Waals surface area contributed by atoms with E-state index in [1.807, 2.05) is 0 Å². The van der Waals surface area contributed by atoms with Gasteiger partial charge in [0.1, 0.15) is 0 Å². The Morgan fingerprint density at radius 1 is 0.737 bits per heavy atom. The van der Waals surface area contributed by atoms with Crippen LogP contribution in [0.4, 0.5) is 0 Å². The van der Waals surface area contributed by atoms with Gasteiger partial charge in [0.2, 0.25) is 0 Å². The third kappa shape index (κ3) is 2.56. The Kier molecular flexibility index (Phi) is 3.93. The Bertz CT molecular complexity index is 618. The van der Waals surface area contributed by atoms with Crippen LogP contribution in [0.2, 0.25) is 0 Å². The fraction of sp³-hybridized carbons (Fsp3) is 0. The zero-order chi connectivity index (χ0) is 14.9. The average molecular weight is 309 g/mol. The number of carboxylic acids is 4. The van der Waals surface area contributed by atoms with Crippen LogP contribution in [0.15, 0.2) is 6.07 Å². The number of hydrogen-bond acceptors (Lipinski definition) is 4. The van der Waals surface area contributed by atoms with E-state index in [-0.39, 0.29) is 0 Å². The monoisotopic (exact) mass is 309 g/mol. The first-order chi connectivity index (χ1) is 8.68. The van der Waals surface area contributed by atoms with Crippen molar-refractivity contribution in [2.75, 3.05) is 0 Å². The molecule has 0 saturated heterocycles. The van der Waals surface area contributed by atoms with Crippen LogP contribution in [0.5, 0.6) is 0 Å². The summed E-state index contributed by atoms with van der Waals surface area (Å²) in [6.45, 7) is 0. The molecule has 0 aliphatic carbocycles. The average Bonchev–Trinajstić information content (AvgIpc) is 2.25. The van der Waals surface area contributed by atoms with E-state index < -0.39 is 50.6 Å². The SMILES string of the molecule is O=C(O)c1c[c]([Fe])c(C(=O)O)c(C(=O)O)c1C(=O)O. The molecule has 1 aromatic carbocycles. The van der Waals surface area contributed by atoms with Crippen LogP contribution < -0.4 is 4.46 Å². The number of carboxylic acid groups (broad SMARTS) is 4. The van der Waals surface area contributed by atoms with Crippen molar-refractivity contribution in [3.63, 3.8) is 0 Å². The van der Waals surface area contributed by atoms with Crippen molar-refractivity contribution in [2.45, 2.75) is 0 Å². The summed E-state index contributed by atoms with van der Waals surface area (Å²) in [5, 5.41) is 35.6. The van der Waals surface area contributed by atoms with Crippen LogP contribution in [0.1, 0.15) is 41.4 Å². The first kappa shape index (κ1) is 14.7. The summed E-state index contributed by atoms with van der Waals surface area (Å²) in [6, 6.07) is 0.710. The minimum absolute atomic E-state index is 0.396. The van der Waals surface area contributed by atoms with E-state index in [2.05, 4.69) is 16.0 Å². The van der Waals surface area contributed by atoms with Crippen molar-refractivity contribution in [2.24, 2.45) is 0 Å². The van der Waals surface area contributed by atoms with Gasteiger partial charge in [-0.1, -0.05) is 0 Å². The molecule has 1 aromatic rings. The van der Waals surface area contributed by atoms with Gasteiger partial charge in [0.15, 0.2) is 0 Å². The molecule has 0 bridgehead atoms. The Morgan fingerprint density at radius 3 is 1.47 bits per heavy atom. The van der Waals surface area contributed by atoms with E-state index in [0.717, 1.165) is 0 Å². The second-order valence-electron chi connectivity index (χ2n) is 3.24. The summed E-state index contributed by atoms with van der Waals surface area (Å²) in [5.41, 5.74) is -3.88. The Balaban J connectivity index is 3.98. The fourth-order valence-electron chi connectivity index (χ4n) is 1.45. The first-order valence-corrected chi connectivity index (χ1v) is 5.02. The van der Waals surface area contributed by atoms with Gasteiger partial charge >= 0.3 is 112 Å². The molecule has 1 rings (SSSR count). The summed E-state index contributed by atoms with van der Waals surface area (Å²) in [5.74, 6) is -7.11. The fourth-order valence-corrected chi connectivity index (χ4v) is 1.87. The van der Waals surface area contributed by atoms with E-state index in [1.165, 1.54) is 0 Å². The van der Waals surface area contributed by atoms with Crippen LogP contribution >= 0.6 is 0 Å². The molecule has 101 valence electrons. The van der Waals surface area contributed by atoms with Gasteiger partial charge in [-0.2, -0.15) is 0 Å². The predicted molar refractivity (Wildman–Crippen MR) is 53.9 cm³/mol. The molecule has 4 N–H and O–H groups in total. The quantitative estimate of drug-likeness (QED) is 0.551. The summed E-state index contributed by atoms with van der Waals surface area (Å²) in [7, 11) is 0. The number of aromatic carboxylic acids is 4. The van der Waals surface area contributed by atoms with Crippen molar-refractivity contribution >= 4 is 28.3 Å². The third-order valence-corrected chi connectivity index (χ3v) is 2.58. The van der Waals surface area contributed by atoms with Gasteiger partial charge in [-0.3, -0.25) is 0 Å². The molecular formula is C10H5FeO8. The molecule has 0 heterocycles. The number of hydrogen-bond donors (Lipinski definition) is 4. The Labute approximate surface area is 113 Å². The second kappa shape index (κ2) is 5.09.